The van der Waals surface area contributed by atoms with Crippen LogP contribution in [0.1, 0.15) is 38.2 Å². The monoisotopic (exact) mass is 582 g/mol. The zero-order valence-electron chi connectivity index (χ0n) is 25.5. The molecule has 3 nitrogen and oxygen atoms in total. The van der Waals surface area contributed by atoms with Crippen molar-refractivity contribution in [3.63, 3.8) is 0 Å². The third-order valence-electron chi connectivity index (χ3n) is 9.26. The first-order valence-corrected chi connectivity index (χ1v) is 16.1. The molecule has 0 aliphatic heterocycles. The van der Waals surface area contributed by atoms with Crippen molar-refractivity contribution in [3.8, 4) is 33.4 Å². The van der Waals surface area contributed by atoms with E-state index in [9.17, 15) is 4.79 Å². The van der Waals surface area contributed by atoms with E-state index in [1.807, 2.05) is 28.7 Å². The second kappa shape index (κ2) is 11.3. The summed E-state index contributed by atoms with van der Waals surface area (Å²) in [6, 6.07) is 44.5. The van der Waals surface area contributed by atoms with E-state index in [1.165, 1.54) is 36.8 Å². The Labute approximate surface area is 262 Å². The van der Waals surface area contributed by atoms with Crippen molar-refractivity contribution in [2.24, 2.45) is 0 Å². The molecule has 2 aromatic heterocycles. The number of aromatic nitrogens is 2. The first kappa shape index (κ1) is 27.3. The molecule has 8 aromatic rings. The van der Waals surface area contributed by atoms with E-state index in [-0.39, 0.29) is 5.56 Å². The highest BCUT2D eigenvalue weighted by molar-refractivity contribution is 6.19. The van der Waals surface area contributed by atoms with E-state index < -0.39 is 0 Å². The summed E-state index contributed by atoms with van der Waals surface area (Å²) in [5.41, 5.74) is 10.4. The lowest BCUT2D eigenvalue weighted by Gasteiger charge is -2.13. The molecule has 218 valence electrons. The van der Waals surface area contributed by atoms with Crippen LogP contribution in [0, 0.1) is 0 Å². The molecule has 0 bridgehead atoms. The molecule has 0 unspecified atom stereocenters. The van der Waals surface area contributed by atoms with Crippen LogP contribution < -0.4 is 5.56 Å². The van der Waals surface area contributed by atoms with Crippen molar-refractivity contribution in [2.75, 3.05) is 0 Å². The summed E-state index contributed by atoms with van der Waals surface area (Å²) in [6.45, 7) is 2.25. The van der Waals surface area contributed by atoms with Crippen LogP contribution in [0.2, 0.25) is 0 Å². The predicted molar refractivity (Wildman–Crippen MR) is 189 cm³/mol. The maximum absolute atomic E-state index is 14.3. The Morgan fingerprint density at radius 2 is 1.24 bits per heavy atom. The molecule has 0 fully saturated rings. The van der Waals surface area contributed by atoms with E-state index in [2.05, 4.69) is 110 Å². The maximum atomic E-state index is 14.3. The zero-order valence-corrected chi connectivity index (χ0v) is 25.5. The molecule has 2 heterocycles. The predicted octanol–water partition coefficient (Wildman–Crippen LogP) is 10.7. The van der Waals surface area contributed by atoms with Crippen LogP contribution in [-0.2, 0) is 6.42 Å². The van der Waals surface area contributed by atoms with E-state index >= 15 is 0 Å². The largest absolute Gasteiger partial charge is 0.268 e. The van der Waals surface area contributed by atoms with Crippen LogP contribution in [0.4, 0.5) is 0 Å². The molecule has 0 radical (unpaired) electrons. The minimum atomic E-state index is -0.0309. The third-order valence-corrected chi connectivity index (χ3v) is 9.26. The molecular weight excluding hydrogens is 548 g/mol. The van der Waals surface area contributed by atoms with Gasteiger partial charge in [-0.2, -0.15) is 0 Å². The van der Waals surface area contributed by atoms with Gasteiger partial charge in [0.1, 0.15) is 5.65 Å². The lowest BCUT2D eigenvalue weighted by molar-refractivity contribution is 0.667. The molecule has 0 amide bonds. The van der Waals surface area contributed by atoms with Crippen molar-refractivity contribution in [2.45, 2.75) is 39.0 Å². The molecular formula is C42H34N2O. The third kappa shape index (κ3) is 4.67. The SMILES string of the molecule is CCCCCCc1ccc(-c2ccc3c4c2cccc4c(=O)n2c4cc(-c5ccccc5)c(-c5ccccc5)cc4nc32)cc1. The van der Waals surface area contributed by atoms with Gasteiger partial charge in [0.2, 0.25) is 0 Å². The molecule has 0 atom stereocenters. The molecule has 3 heteroatoms. The van der Waals surface area contributed by atoms with Crippen LogP contribution in [0.3, 0.4) is 0 Å². The van der Waals surface area contributed by atoms with E-state index in [4.69, 9.17) is 4.98 Å². The second-order valence-corrected chi connectivity index (χ2v) is 12.1. The van der Waals surface area contributed by atoms with Gasteiger partial charge in [-0.3, -0.25) is 9.20 Å². The van der Waals surface area contributed by atoms with E-state index in [0.29, 0.717) is 5.65 Å². The highest BCUT2D eigenvalue weighted by Crippen LogP contribution is 2.39. The van der Waals surface area contributed by atoms with Crippen molar-refractivity contribution < 1.29 is 0 Å². The number of pyridine rings is 1. The highest BCUT2D eigenvalue weighted by Gasteiger charge is 2.20. The van der Waals surface area contributed by atoms with Crippen LogP contribution in [0.15, 0.2) is 132 Å². The average Bonchev–Trinajstić information content (AvgIpc) is 3.48. The Morgan fingerprint density at radius 1 is 0.578 bits per heavy atom. The van der Waals surface area contributed by atoms with Crippen LogP contribution in [0.25, 0.3) is 71.6 Å². The molecule has 6 aromatic carbocycles. The van der Waals surface area contributed by atoms with Gasteiger partial charge in [0, 0.05) is 16.2 Å². The summed E-state index contributed by atoms with van der Waals surface area (Å²) < 4.78 is 1.82. The Morgan fingerprint density at radius 3 is 1.96 bits per heavy atom. The van der Waals surface area contributed by atoms with Gasteiger partial charge in [-0.1, -0.05) is 129 Å². The summed E-state index contributed by atoms with van der Waals surface area (Å²) in [5, 5.41) is 3.78. The molecule has 0 saturated heterocycles. The average molecular weight is 583 g/mol. The Kier molecular flexibility index (Phi) is 6.87. The minimum absolute atomic E-state index is 0.0309. The number of fused-ring (bicyclic) bond motifs is 4. The Hall–Kier alpha value is -5.28. The first-order valence-electron chi connectivity index (χ1n) is 16.1. The summed E-state index contributed by atoms with van der Waals surface area (Å²) in [7, 11) is 0. The number of hydrogen-bond acceptors (Lipinski definition) is 2. The lowest BCUT2D eigenvalue weighted by Crippen LogP contribution is -2.13. The van der Waals surface area contributed by atoms with Crippen molar-refractivity contribution in [1.82, 2.24) is 9.38 Å². The summed E-state index contributed by atoms with van der Waals surface area (Å²) in [5.74, 6) is 0. The number of nitrogens with zero attached hydrogens (tertiary/aromatic N) is 2. The van der Waals surface area contributed by atoms with Gasteiger partial charge >= 0.3 is 0 Å². The summed E-state index contributed by atoms with van der Waals surface area (Å²) in [6.07, 6.45) is 6.19. The maximum Gasteiger partial charge on any atom is 0.264 e. The fourth-order valence-corrected chi connectivity index (χ4v) is 6.97. The number of hydrogen-bond donors (Lipinski definition) is 0. The quantitative estimate of drug-likeness (QED) is 0.167. The molecule has 0 N–H and O–H groups in total. The van der Waals surface area contributed by atoms with Gasteiger partial charge in [0.05, 0.1) is 11.0 Å². The smallest absolute Gasteiger partial charge is 0.264 e. The van der Waals surface area contributed by atoms with Gasteiger partial charge in [0.15, 0.2) is 0 Å². The summed E-state index contributed by atoms with van der Waals surface area (Å²) >= 11 is 0. The van der Waals surface area contributed by atoms with Gasteiger partial charge in [-0.15, -0.1) is 0 Å². The fraction of sp³-hybridized carbons (Fsp3) is 0.143. The van der Waals surface area contributed by atoms with E-state index in [1.54, 1.807) is 0 Å². The number of benzene rings is 6. The highest BCUT2D eigenvalue weighted by atomic mass is 16.1. The van der Waals surface area contributed by atoms with Crippen molar-refractivity contribution >= 4 is 38.2 Å². The Balaban J connectivity index is 1.33. The van der Waals surface area contributed by atoms with Crippen LogP contribution in [-0.4, -0.2) is 9.38 Å². The number of aryl methyl sites for hydroxylation is 1. The molecule has 0 spiro atoms. The minimum Gasteiger partial charge on any atom is -0.268 e. The number of rotatable bonds is 8. The zero-order chi connectivity index (χ0) is 30.3. The van der Waals surface area contributed by atoms with Crippen LogP contribution >= 0.6 is 0 Å². The van der Waals surface area contributed by atoms with Gasteiger partial charge in [-0.05, 0) is 81.4 Å². The molecule has 8 rings (SSSR count). The normalized spacial score (nSPS) is 11.8. The summed E-state index contributed by atoms with van der Waals surface area (Å²) in [4.78, 5) is 19.5. The molecule has 0 aliphatic rings. The molecule has 0 aliphatic carbocycles. The number of imidazole rings is 1. The molecule has 45 heavy (non-hydrogen) atoms. The van der Waals surface area contributed by atoms with Gasteiger partial charge in [0.25, 0.3) is 5.56 Å². The standard InChI is InChI=1S/C42H34N2O/c1-2-3-4-7-13-28-20-22-31(23-21-28)32-24-25-34-40-33(32)18-12-19-35(40)42(45)44-39-27-37(30-16-10-6-11-17-30)36(26-38(39)43-41(34)44)29-14-8-5-9-15-29/h5-6,8-12,14-27H,2-4,7,13H2,1H3. The van der Waals surface area contributed by atoms with E-state index in [0.717, 1.165) is 66.8 Å². The number of unbranched alkanes of at least 4 members (excludes halogenated alkanes) is 3. The molecule has 0 saturated carbocycles. The van der Waals surface area contributed by atoms with Crippen molar-refractivity contribution in [3.05, 3.63) is 143 Å². The van der Waals surface area contributed by atoms with Gasteiger partial charge in [-0.25, -0.2) is 4.98 Å². The van der Waals surface area contributed by atoms with Crippen LogP contribution in [0.5, 0.6) is 0 Å². The van der Waals surface area contributed by atoms with Gasteiger partial charge < -0.3 is 0 Å². The second-order valence-electron chi connectivity index (χ2n) is 12.1. The fourth-order valence-electron chi connectivity index (χ4n) is 6.97. The topological polar surface area (TPSA) is 34.4 Å². The van der Waals surface area contributed by atoms with Crippen molar-refractivity contribution in [1.29, 1.82) is 0 Å². The Bertz CT molecular complexity index is 2350. The lowest BCUT2D eigenvalue weighted by atomic mass is 9.93. The first-order chi connectivity index (χ1) is 22.2.